The zero-order valence-corrected chi connectivity index (χ0v) is 16.3. The molecule has 0 fully saturated rings. The smallest absolute Gasteiger partial charge is 0.156 e. The van der Waals surface area contributed by atoms with Crippen molar-refractivity contribution in [3.05, 3.63) is 84.0 Å². The highest BCUT2D eigenvalue weighted by molar-refractivity contribution is 7.25. The van der Waals surface area contributed by atoms with E-state index in [2.05, 4.69) is 66.7 Å². The van der Waals surface area contributed by atoms with E-state index in [4.69, 9.17) is 21.6 Å². The summed E-state index contributed by atoms with van der Waals surface area (Å²) in [5, 5.41) is 6.28. The summed E-state index contributed by atoms with van der Waals surface area (Å²) in [7, 11) is 0. The van der Waals surface area contributed by atoms with Crippen molar-refractivity contribution in [1.82, 2.24) is 9.97 Å². The molecule has 0 aliphatic carbocycles. The normalized spacial score (nSPS) is 11.8. The Morgan fingerprint density at radius 2 is 1.36 bits per heavy atom. The topological polar surface area (TPSA) is 25.8 Å². The average molecular weight is 397 g/mol. The molecule has 0 bridgehead atoms. The predicted octanol–water partition coefficient (Wildman–Crippen LogP) is 7.47. The second kappa shape index (κ2) is 5.99. The van der Waals surface area contributed by atoms with Gasteiger partial charge in [0, 0.05) is 15.6 Å². The third kappa shape index (κ3) is 2.27. The standard InChI is InChI=1S/C24H13ClN2S/c25-23-21(27-24-22(26-23)18-11-5-6-12-20(18)28-24)19-13-14-7-1-2-8-15(14)16-9-3-4-10-17(16)19/h1-13H. The van der Waals surface area contributed by atoms with E-state index in [1.54, 1.807) is 11.3 Å². The second-order valence-corrected chi connectivity index (χ2v) is 8.19. The molecule has 2 nitrogen and oxygen atoms in total. The lowest BCUT2D eigenvalue weighted by molar-refractivity contribution is 1.32. The molecule has 2 aromatic heterocycles. The highest BCUT2D eigenvalue weighted by Crippen LogP contribution is 2.39. The van der Waals surface area contributed by atoms with Gasteiger partial charge >= 0.3 is 0 Å². The van der Waals surface area contributed by atoms with E-state index < -0.39 is 0 Å². The van der Waals surface area contributed by atoms with Crippen LogP contribution in [0.3, 0.4) is 0 Å². The number of nitrogens with zero attached hydrogens (tertiary/aromatic N) is 2. The van der Waals surface area contributed by atoms with E-state index in [1.807, 2.05) is 12.1 Å². The van der Waals surface area contributed by atoms with Crippen LogP contribution in [0.5, 0.6) is 0 Å². The summed E-state index contributed by atoms with van der Waals surface area (Å²) in [5.74, 6) is 0. The number of halogens is 1. The van der Waals surface area contributed by atoms with Gasteiger partial charge in [-0.3, -0.25) is 0 Å². The van der Waals surface area contributed by atoms with Gasteiger partial charge in [-0.25, -0.2) is 9.97 Å². The molecule has 4 aromatic carbocycles. The first kappa shape index (κ1) is 16.0. The molecule has 2 heterocycles. The number of rotatable bonds is 1. The Bertz CT molecular complexity index is 1530. The molecule has 6 rings (SSSR count). The molecule has 28 heavy (non-hydrogen) atoms. The first-order chi connectivity index (χ1) is 13.8. The maximum Gasteiger partial charge on any atom is 0.156 e. The summed E-state index contributed by atoms with van der Waals surface area (Å²) in [6.45, 7) is 0. The van der Waals surface area contributed by atoms with Crippen LogP contribution in [0.4, 0.5) is 0 Å². The zero-order chi connectivity index (χ0) is 18.7. The van der Waals surface area contributed by atoms with Gasteiger partial charge in [0.25, 0.3) is 0 Å². The van der Waals surface area contributed by atoms with E-state index in [1.165, 1.54) is 20.9 Å². The summed E-state index contributed by atoms with van der Waals surface area (Å²) >= 11 is 8.33. The Hall–Kier alpha value is -3.01. The SMILES string of the molecule is Clc1nc2c(nc1-c1cc3ccccc3c3ccccc13)sc1ccccc12. The lowest BCUT2D eigenvalue weighted by Crippen LogP contribution is -1.91. The van der Waals surface area contributed by atoms with Crippen LogP contribution >= 0.6 is 22.9 Å². The number of thiophene rings is 1. The maximum absolute atomic E-state index is 6.68. The van der Waals surface area contributed by atoms with Crippen LogP contribution in [-0.4, -0.2) is 9.97 Å². The van der Waals surface area contributed by atoms with Gasteiger partial charge in [-0.2, -0.15) is 0 Å². The van der Waals surface area contributed by atoms with E-state index in [9.17, 15) is 0 Å². The highest BCUT2D eigenvalue weighted by Gasteiger charge is 2.16. The molecule has 0 spiro atoms. The van der Waals surface area contributed by atoms with Crippen molar-refractivity contribution in [1.29, 1.82) is 0 Å². The van der Waals surface area contributed by atoms with Gasteiger partial charge in [-0.05, 0) is 33.7 Å². The van der Waals surface area contributed by atoms with Gasteiger partial charge in [0.2, 0.25) is 0 Å². The van der Waals surface area contributed by atoms with Crippen molar-refractivity contribution in [2.24, 2.45) is 0 Å². The predicted molar refractivity (Wildman–Crippen MR) is 120 cm³/mol. The van der Waals surface area contributed by atoms with Crippen LogP contribution in [0.1, 0.15) is 0 Å². The van der Waals surface area contributed by atoms with Gasteiger partial charge in [0.1, 0.15) is 16.0 Å². The van der Waals surface area contributed by atoms with Gasteiger partial charge in [0.15, 0.2) is 5.15 Å². The average Bonchev–Trinajstić information content (AvgIpc) is 3.10. The molecule has 0 atom stereocenters. The van der Waals surface area contributed by atoms with E-state index in [0.29, 0.717) is 5.15 Å². The number of hydrogen-bond donors (Lipinski definition) is 0. The van der Waals surface area contributed by atoms with Crippen molar-refractivity contribution >= 4 is 64.9 Å². The highest BCUT2D eigenvalue weighted by atomic mass is 35.5. The van der Waals surface area contributed by atoms with Crippen molar-refractivity contribution < 1.29 is 0 Å². The van der Waals surface area contributed by atoms with Crippen LogP contribution in [0, 0.1) is 0 Å². The Labute approximate surface area is 170 Å². The van der Waals surface area contributed by atoms with Crippen molar-refractivity contribution in [2.75, 3.05) is 0 Å². The maximum atomic E-state index is 6.68. The molecule has 132 valence electrons. The van der Waals surface area contributed by atoms with Crippen LogP contribution in [-0.2, 0) is 0 Å². The number of fused-ring (bicyclic) bond motifs is 6. The molecule has 0 N–H and O–H groups in total. The van der Waals surface area contributed by atoms with Gasteiger partial charge in [-0.1, -0.05) is 78.3 Å². The van der Waals surface area contributed by atoms with Crippen molar-refractivity contribution in [2.45, 2.75) is 0 Å². The molecule has 0 saturated heterocycles. The van der Waals surface area contributed by atoms with Crippen molar-refractivity contribution in [3.63, 3.8) is 0 Å². The largest absolute Gasteiger partial charge is 0.232 e. The lowest BCUT2D eigenvalue weighted by Gasteiger charge is -2.11. The number of hydrogen-bond acceptors (Lipinski definition) is 3. The summed E-state index contributed by atoms with van der Waals surface area (Å²) in [6.07, 6.45) is 0. The fourth-order valence-electron chi connectivity index (χ4n) is 3.92. The van der Waals surface area contributed by atoms with Gasteiger partial charge in [0.05, 0.1) is 0 Å². The molecule has 0 saturated carbocycles. The Kier molecular flexibility index (Phi) is 3.42. The minimum Gasteiger partial charge on any atom is -0.232 e. The van der Waals surface area contributed by atoms with E-state index in [-0.39, 0.29) is 0 Å². The van der Waals surface area contributed by atoms with Gasteiger partial charge < -0.3 is 0 Å². The molecule has 4 heteroatoms. The van der Waals surface area contributed by atoms with Crippen molar-refractivity contribution in [3.8, 4) is 11.3 Å². The molecule has 0 unspecified atom stereocenters. The Morgan fingerprint density at radius 1 is 0.679 bits per heavy atom. The monoisotopic (exact) mass is 396 g/mol. The summed E-state index contributed by atoms with van der Waals surface area (Å²) < 4.78 is 1.18. The third-order valence-corrected chi connectivity index (χ3v) is 6.51. The molecular weight excluding hydrogens is 384 g/mol. The van der Waals surface area contributed by atoms with Crippen LogP contribution < -0.4 is 0 Å². The molecule has 0 radical (unpaired) electrons. The Balaban J connectivity index is 1.74. The molecule has 0 amide bonds. The molecule has 0 aliphatic heterocycles. The summed E-state index contributed by atoms with van der Waals surface area (Å²) in [4.78, 5) is 10.6. The van der Waals surface area contributed by atoms with E-state index in [0.717, 1.165) is 32.4 Å². The number of benzene rings is 4. The first-order valence-corrected chi connectivity index (χ1v) is 10.2. The van der Waals surface area contributed by atoms with Gasteiger partial charge in [-0.15, -0.1) is 11.3 Å². The number of aromatic nitrogens is 2. The third-order valence-electron chi connectivity index (χ3n) is 5.19. The summed E-state index contributed by atoms with van der Waals surface area (Å²) in [5.41, 5.74) is 2.63. The zero-order valence-electron chi connectivity index (χ0n) is 14.7. The lowest BCUT2D eigenvalue weighted by atomic mass is 9.96. The van der Waals surface area contributed by atoms with Crippen LogP contribution in [0.15, 0.2) is 78.9 Å². The Morgan fingerprint density at radius 3 is 2.21 bits per heavy atom. The summed E-state index contributed by atoms with van der Waals surface area (Å²) in [6, 6.07) is 27.2. The van der Waals surface area contributed by atoms with Crippen LogP contribution in [0.25, 0.3) is 53.2 Å². The molecule has 0 aliphatic rings. The van der Waals surface area contributed by atoms with E-state index >= 15 is 0 Å². The quantitative estimate of drug-likeness (QED) is 0.269. The second-order valence-electron chi connectivity index (χ2n) is 6.81. The fraction of sp³-hybridized carbons (Fsp3) is 0. The molecule has 6 aromatic rings. The van der Waals surface area contributed by atoms with Crippen LogP contribution in [0.2, 0.25) is 5.15 Å². The first-order valence-electron chi connectivity index (χ1n) is 9.05. The minimum absolute atomic E-state index is 0.441. The fourth-order valence-corrected chi connectivity index (χ4v) is 5.17. The minimum atomic E-state index is 0.441. The molecular formula is C24H13ClN2S.